The molecular weight excluding hydrogens is 815 g/mol. The Balaban J connectivity index is 0.000000561. The predicted octanol–water partition coefficient (Wildman–Crippen LogP) is 10.4. The van der Waals surface area contributed by atoms with Gasteiger partial charge in [0.25, 0.3) is 11.9 Å². The van der Waals surface area contributed by atoms with Crippen LogP contribution in [0, 0.1) is 0 Å². The maximum atomic E-state index is 9.00. The Morgan fingerprint density at radius 1 is 0.386 bits per heavy atom. The van der Waals surface area contributed by atoms with Crippen molar-refractivity contribution in [2.45, 2.75) is 13.8 Å². The van der Waals surface area contributed by atoms with Gasteiger partial charge in [0, 0.05) is 13.8 Å². The zero-order chi connectivity index (χ0) is 39.0. The summed E-state index contributed by atoms with van der Waals surface area (Å²) in [5, 5.41) is 14.8. The van der Waals surface area contributed by atoms with Crippen LogP contribution in [-0.2, 0) is 9.59 Å². The van der Waals surface area contributed by atoms with Crippen molar-refractivity contribution in [1.82, 2.24) is 19.9 Å². The zero-order valence-corrected chi connectivity index (χ0v) is 34.0. The van der Waals surface area contributed by atoms with E-state index in [1.165, 1.54) is 0 Å². The molecule has 0 aliphatic carbocycles. The fourth-order valence-electron chi connectivity index (χ4n) is 6.69. The Morgan fingerprint density at radius 2 is 0.579 bits per heavy atom. The number of aliphatic carboxylic acids is 2. The molecule has 276 valence electrons. The van der Waals surface area contributed by atoms with E-state index in [1.807, 2.05) is 24.3 Å². The number of fused-ring (bicyclic) bond motifs is 8. The number of rotatable bonds is 4. The van der Waals surface area contributed by atoms with Crippen molar-refractivity contribution < 1.29 is 19.8 Å². The topological polar surface area (TPSA) is 129 Å². The number of aromatic nitrogens is 4. The molecule has 2 N–H and O–H groups in total. The Labute approximate surface area is 346 Å². The van der Waals surface area contributed by atoms with E-state index in [1.54, 1.807) is 0 Å². The fourth-order valence-corrected chi connectivity index (χ4v) is 6.69. The molecule has 0 saturated carbocycles. The SMILES string of the molecule is C1=Cc2nc1c(-c1ccccc1)c1ccc([n-]1)c(-c1ccccc1)c1nc(c(-c3ccccc3)c3ccc([n-]3)c2-c2ccccc2)C=C1.CC(=O)O.CC(=O)O.[Sn+2]. The minimum absolute atomic E-state index is 0. The summed E-state index contributed by atoms with van der Waals surface area (Å²) in [7, 11) is 0. The van der Waals surface area contributed by atoms with Gasteiger partial charge in [0.2, 0.25) is 0 Å². The molecule has 0 saturated heterocycles. The molecule has 2 aliphatic heterocycles. The van der Waals surface area contributed by atoms with Crippen molar-refractivity contribution >= 4 is 82.2 Å². The van der Waals surface area contributed by atoms with E-state index in [-0.39, 0.29) is 23.9 Å². The van der Waals surface area contributed by atoms with Gasteiger partial charge in [-0.1, -0.05) is 146 Å². The van der Waals surface area contributed by atoms with Crippen LogP contribution in [0.1, 0.15) is 36.6 Å². The van der Waals surface area contributed by atoms with E-state index in [4.69, 9.17) is 39.7 Å². The van der Waals surface area contributed by atoms with E-state index in [0.717, 1.165) is 103 Å². The van der Waals surface area contributed by atoms with Crippen LogP contribution in [0.3, 0.4) is 0 Å². The summed E-state index contributed by atoms with van der Waals surface area (Å²) in [5.74, 6) is -1.67. The van der Waals surface area contributed by atoms with Crippen molar-refractivity contribution in [3.05, 3.63) is 168 Å². The maximum absolute atomic E-state index is 9.00. The van der Waals surface area contributed by atoms with E-state index < -0.39 is 11.9 Å². The van der Waals surface area contributed by atoms with Crippen molar-refractivity contribution in [1.29, 1.82) is 0 Å². The molecule has 4 aromatic carbocycles. The van der Waals surface area contributed by atoms with Crippen molar-refractivity contribution in [3.8, 4) is 44.5 Å². The van der Waals surface area contributed by atoms with Crippen molar-refractivity contribution in [2.75, 3.05) is 0 Å². The Morgan fingerprint density at radius 3 is 0.772 bits per heavy atom. The van der Waals surface area contributed by atoms with Gasteiger partial charge in [-0.25, -0.2) is 9.97 Å². The minimum Gasteiger partial charge on any atom is -0.657 e. The summed E-state index contributed by atoms with van der Waals surface area (Å²) in [6.45, 7) is 2.17. The van der Waals surface area contributed by atoms with E-state index in [0.29, 0.717) is 0 Å². The summed E-state index contributed by atoms with van der Waals surface area (Å²) in [6, 6.07) is 50.0. The van der Waals surface area contributed by atoms with Crippen molar-refractivity contribution in [3.63, 3.8) is 0 Å². The van der Waals surface area contributed by atoms with Gasteiger partial charge in [0.1, 0.15) is 0 Å². The zero-order valence-electron chi connectivity index (χ0n) is 31.2. The quantitative estimate of drug-likeness (QED) is 0.168. The molecule has 9 rings (SSSR count). The van der Waals surface area contributed by atoms with Crippen LogP contribution in [0.15, 0.2) is 146 Å². The second kappa shape index (κ2) is 18.2. The van der Waals surface area contributed by atoms with Gasteiger partial charge in [0.05, 0.1) is 22.8 Å². The molecule has 3 aromatic heterocycles. The monoisotopic (exact) mass is 852 g/mol. The Hall–Kier alpha value is -6.78. The van der Waals surface area contributed by atoms with Crippen molar-refractivity contribution in [2.24, 2.45) is 0 Å². The average molecular weight is 852 g/mol. The molecule has 0 spiro atoms. The number of nitrogens with zero attached hydrogens (tertiary/aromatic N) is 4. The molecule has 0 unspecified atom stereocenters. The average Bonchev–Trinajstić information content (AvgIpc) is 4.04. The number of carboxylic acids is 2. The van der Waals surface area contributed by atoms with Gasteiger partial charge < -0.3 is 20.2 Å². The number of hydrogen-bond acceptors (Lipinski definition) is 4. The van der Waals surface area contributed by atoms with Gasteiger partial charge in [0.15, 0.2) is 0 Å². The first-order valence-corrected chi connectivity index (χ1v) is 17.9. The Kier molecular flexibility index (Phi) is 12.8. The van der Waals surface area contributed by atoms with Gasteiger partial charge in [-0.2, -0.15) is 0 Å². The molecular formula is C48H36N4O4Sn. The first-order chi connectivity index (χ1) is 27.3. The first kappa shape index (κ1) is 39.9. The van der Waals surface area contributed by atoms with Crippen LogP contribution < -0.4 is 9.97 Å². The smallest absolute Gasteiger partial charge is 0.657 e. The molecule has 0 fully saturated rings. The number of carboxylic acid groups (broad SMARTS) is 2. The molecule has 8 bridgehead atoms. The molecule has 9 heteroatoms. The molecule has 0 amide bonds. The second-order valence-corrected chi connectivity index (χ2v) is 12.9. The largest absolute Gasteiger partial charge is 2.00 e. The third-order valence-electron chi connectivity index (χ3n) is 8.86. The van der Waals surface area contributed by atoms with Crippen LogP contribution in [0.2, 0.25) is 0 Å². The standard InChI is InChI=1S/C44H28N4.2C2H4O2.Sn/c1-5-13-29(14-6-1)41-33-21-23-35(45-33)42(30-15-7-2-8-16-30)37-25-27-39(47-37)44(32-19-11-4-12-20-32)40-28-26-38(48-40)43(31-17-9-3-10-18-31)36-24-22-34(41)46-36;2*1-2(3)4;/h1-28H;2*1H3,(H,3,4);/q-2;;;+2. The van der Waals surface area contributed by atoms with Gasteiger partial charge in [-0.05, 0) is 68.8 Å². The summed E-state index contributed by atoms with van der Waals surface area (Å²) in [5.41, 5.74) is 15.0. The fraction of sp³-hybridized carbons (Fsp3) is 0.0417. The first-order valence-electron chi connectivity index (χ1n) is 17.9. The molecule has 7 aromatic rings. The second-order valence-electron chi connectivity index (χ2n) is 12.9. The summed E-state index contributed by atoms with van der Waals surface area (Å²) >= 11 is 0. The molecule has 5 heterocycles. The van der Waals surface area contributed by atoms with Crippen LogP contribution in [0.25, 0.3) is 90.9 Å². The number of carbonyl (C=O) groups is 2. The third kappa shape index (κ3) is 9.20. The van der Waals surface area contributed by atoms with E-state index in [2.05, 4.69) is 146 Å². The summed E-state index contributed by atoms with van der Waals surface area (Å²) < 4.78 is 0. The van der Waals surface area contributed by atoms with Crippen LogP contribution in [-0.4, -0.2) is 56.0 Å². The van der Waals surface area contributed by atoms with Gasteiger partial charge in [-0.3, -0.25) is 9.59 Å². The van der Waals surface area contributed by atoms with Crippen LogP contribution in [0.5, 0.6) is 0 Å². The Bertz CT molecular complexity index is 2390. The molecule has 8 nitrogen and oxygen atoms in total. The van der Waals surface area contributed by atoms with Crippen LogP contribution in [0.4, 0.5) is 0 Å². The molecule has 57 heavy (non-hydrogen) atoms. The third-order valence-corrected chi connectivity index (χ3v) is 8.86. The van der Waals surface area contributed by atoms with Crippen LogP contribution >= 0.6 is 0 Å². The van der Waals surface area contributed by atoms with E-state index in [9.17, 15) is 0 Å². The predicted molar refractivity (Wildman–Crippen MR) is 231 cm³/mol. The van der Waals surface area contributed by atoms with E-state index >= 15 is 0 Å². The molecule has 2 aliphatic rings. The van der Waals surface area contributed by atoms with Gasteiger partial charge >= 0.3 is 23.9 Å². The van der Waals surface area contributed by atoms with Gasteiger partial charge in [-0.15, -0.1) is 22.1 Å². The maximum Gasteiger partial charge on any atom is 2.00 e. The summed E-state index contributed by atoms with van der Waals surface area (Å²) in [6.07, 6.45) is 8.41. The molecule has 0 atom stereocenters. The molecule has 2 radical (unpaired) electrons. The minimum atomic E-state index is -0.833. The summed E-state index contributed by atoms with van der Waals surface area (Å²) in [4.78, 5) is 39.2. The number of benzene rings is 4. The normalized spacial score (nSPS) is 11.0. The number of hydrogen-bond donors (Lipinski definition) is 2.